The van der Waals surface area contributed by atoms with Crippen molar-refractivity contribution in [3.63, 3.8) is 0 Å². The molecule has 6 heteroatoms. The van der Waals surface area contributed by atoms with E-state index in [0.717, 1.165) is 30.8 Å². The van der Waals surface area contributed by atoms with Crippen LogP contribution in [-0.2, 0) is 11.3 Å². The summed E-state index contributed by atoms with van der Waals surface area (Å²) in [5.41, 5.74) is 8.31. The topological polar surface area (TPSA) is 87.5 Å². The lowest BCUT2D eigenvalue weighted by atomic mass is 10.1. The molecule has 1 atom stereocenters. The highest BCUT2D eigenvalue weighted by Gasteiger charge is 2.15. The van der Waals surface area contributed by atoms with Crippen LogP contribution in [0.3, 0.4) is 0 Å². The Morgan fingerprint density at radius 1 is 0.964 bits per heavy atom. The Hall–Kier alpha value is -2.70. The number of nitrogens with two attached hydrogens (primary N) is 1. The Balaban J connectivity index is 1.43. The lowest BCUT2D eigenvalue weighted by Crippen LogP contribution is -2.34. The van der Waals surface area contributed by atoms with E-state index in [1.165, 1.54) is 12.8 Å². The molecule has 1 unspecified atom stereocenters. The largest absolute Gasteiger partial charge is 0.351 e. The molecule has 1 saturated heterocycles. The molecule has 2 aromatic rings. The predicted octanol–water partition coefficient (Wildman–Crippen LogP) is 1.83. The number of nitrogens with zero attached hydrogens (tertiary/aromatic N) is 1. The maximum atomic E-state index is 12.2. The van der Waals surface area contributed by atoms with Gasteiger partial charge < -0.3 is 21.3 Å². The van der Waals surface area contributed by atoms with Gasteiger partial charge in [-0.3, -0.25) is 9.59 Å². The van der Waals surface area contributed by atoms with Crippen LogP contribution in [-0.4, -0.2) is 42.9 Å². The van der Waals surface area contributed by atoms with E-state index < -0.39 is 6.04 Å². The molecule has 2 amide bonds. The molecule has 6 nitrogen and oxygen atoms in total. The highest BCUT2D eigenvalue weighted by molar-refractivity contribution is 5.94. The summed E-state index contributed by atoms with van der Waals surface area (Å²) in [4.78, 5) is 26.8. The summed E-state index contributed by atoms with van der Waals surface area (Å²) in [5, 5.41) is 5.80. The molecule has 1 aliphatic heterocycles. The first kappa shape index (κ1) is 20.0. The van der Waals surface area contributed by atoms with Crippen LogP contribution >= 0.6 is 0 Å². The Labute approximate surface area is 166 Å². The average Bonchev–Trinajstić information content (AvgIpc) is 3.26. The average molecular weight is 380 g/mol. The van der Waals surface area contributed by atoms with Crippen molar-refractivity contribution in [1.82, 2.24) is 15.5 Å². The summed E-state index contributed by atoms with van der Waals surface area (Å²) < 4.78 is 0. The summed E-state index contributed by atoms with van der Waals surface area (Å²) in [7, 11) is 0. The minimum atomic E-state index is -0.693. The molecular weight excluding hydrogens is 352 g/mol. The van der Waals surface area contributed by atoms with Gasteiger partial charge in [0.05, 0.1) is 0 Å². The second-order valence-electron chi connectivity index (χ2n) is 7.11. The Morgan fingerprint density at radius 3 is 2.32 bits per heavy atom. The van der Waals surface area contributed by atoms with Gasteiger partial charge in [-0.25, -0.2) is 0 Å². The number of hydrogen-bond donors (Lipinski definition) is 3. The van der Waals surface area contributed by atoms with Crippen LogP contribution in [0.2, 0.25) is 0 Å². The normalized spacial score (nSPS) is 15.2. The minimum absolute atomic E-state index is 0.0686. The molecule has 0 aromatic heterocycles. The van der Waals surface area contributed by atoms with Crippen molar-refractivity contribution in [3.05, 3.63) is 71.3 Å². The molecule has 0 bridgehead atoms. The van der Waals surface area contributed by atoms with Gasteiger partial charge in [0.1, 0.15) is 6.04 Å². The second-order valence-corrected chi connectivity index (χ2v) is 7.11. The Bertz CT molecular complexity index is 771. The molecule has 0 aliphatic carbocycles. The highest BCUT2D eigenvalue weighted by Crippen LogP contribution is 2.10. The first-order valence-electron chi connectivity index (χ1n) is 9.81. The van der Waals surface area contributed by atoms with Gasteiger partial charge >= 0.3 is 0 Å². The number of amides is 2. The van der Waals surface area contributed by atoms with Crippen LogP contribution in [0.1, 0.15) is 40.4 Å². The van der Waals surface area contributed by atoms with Crippen molar-refractivity contribution < 1.29 is 9.59 Å². The van der Waals surface area contributed by atoms with Gasteiger partial charge in [-0.05, 0) is 49.2 Å². The number of carbonyl (C=O) groups excluding carboxylic acids is 2. The van der Waals surface area contributed by atoms with Gasteiger partial charge in [-0.1, -0.05) is 42.5 Å². The standard InChI is InChI=1S/C22H28N4O2/c23-20(18-6-2-1-3-7-18)22(28)25-16-17-8-10-19(11-9-17)21(27)24-12-15-26-13-4-5-14-26/h1-3,6-11,20H,4-5,12-16,23H2,(H,24,27)(H,25,28). The molecule has 0 radical (unpaired) electrons. The molecule has 148 valence electrons. The van der Waals surface area contributed by atoms with Crippen LogP contribution in [0, 0.1) is 0 Å². The van der Waals surface area contributed by atoms with Crippen molar-refractivity contribution in [2.24, 2.45) is 5.73 Å². The van der Waals surface area contributed by atoms with Crippen molar-refractivity contribution in [2.45, 2.75) is 25.4 Å². The van der Waals surface area contributed by atoms with Crippen molar-refractivity contribution in [1.29, 1.82) is 0 Å². The van der Waals surface area contributed by atoms with E-state index in [1.54, 1.807) is 12.1 Å². The Kier molecular flexibility index (Phi) is 7.17. The first-order valence-corrected chi connectivity index (χ1v) is 9.81. The number of hydrogen-bond acceptors (Lipinski definition) is 4. The van der Waals surface area contributed by atoms with Gasteiger partial charge in [0.2, 0.25) is 5.91 Å². The molecule has 0 spiro atoms. The molecule has 1 fully saturated rings. The van der Waals surface area contributed by atoms with E-state index in [1.807, 2.05) is 42.5 Å². The maximum Gasteiger partial charge on any atom is 0.251 e. The molecule has 1 heterocycles. The quantitative estimate of drug-likeness (QED) is 0.652. The monoisotopic (exact) mass is 380 g/mol. The van der Waals surface area contributed by atoms with Crippen LogP contribution in [0.25, 0.3) is 0 Å². The summed E-state index contributed by atoms with van der Waals surface area (Å²) in [6, 6.07) is 15.8. The molecule has 0 saturated carbocycles. The van der Waals surface area contributed by atoms with E-state index in [0.29, 0.717) is 18.7 Å². The molecule has 2 aromatic carbocycles. The van der Waals surface area contributed by atoms with Crippen LogP contribution < -0.4 is 16.4 Å². The SMILES string of the molecule is NC(C(=O)NCc1ccc(C(=O)NCCN2CCCC2)cc1)c1ccccc1. The number of rotatable bonds is 8. The van der Waals surface area contributed by atoms with Gasteiger partial charge in [-0.15, -0.1) is 0 Å². The smallest absolute Gasteiger partial charge is 0.251 e. The zero-order chi connectivity index (χ0) is 19.8. The Morgan fingerprint density at radius 2 is 1.64 bits per heavy atom. The van der Waals surface area contributed by atoms with E-state index >= 15 is 0 Å². The summed E-state index contributed by atoms with van der Waals surface area (Å²) in [6.07, 6.45) is 2.50. The van der Waals surface area contributed by atoms with Gasteiger partial charge in [0.25, 0.3) is 5.91 Å². The summed E-state index contributed by atoms with van der Waals surface area (Å²) in [6.45, 7) is 4.19. The molecule has 1 aliphatic rings. The second kappa shape index (κ2) is 10.0. The molecule has 3 rings (SSSR count). The fraction of sp³-hybridized carbons (Fsp3) is 0.364. The van der Waals surface area contributed by atoms with E-state index in [9.17, 15) is 9.59 Å². The van der Waals surface area contributed by atoms with Crippen LogP contribution in [0.4, 0.5) is 0 Å². The highest BCUT2D eigenvalue weighted by atomic mass is 16.2. The van der Waals surface area contributed by atoms with Crippen LogP contribution in [0.5, 0.6) is 0 Å². The van der Waals surface area contributed by atoms with Crippen LogP contribution in [0.15, 0.2) is 54.6 Å². The van der Waals surface area contributed by atoms with Gasteiger partial charge in [-0.2, -0.15) is 0 Å². The van der Waals surface area contributed by atoms with Crippen molar-refractivity contribution in [2.75, 3.05) is 26.2 Å². The molecule has 4 N–H and O–H groups in total. The number of carbonyl (C=O) groups is 2. The fourth-order valence-electron chi connectivity index (χ4n) is 3.32. The number of nitrogens with one attached hydrogen (secondary N) is 2. The summed E-state index contributed by atoms with van der Waals surface area (Å²) in [5.74, 6) is -0.296. The lowest BCUT2D eigenvalue weighted by Gasteiger charge is -2.15. The molecular formula is C22H28N4O2. The minimum Gasteiger partial charge on any atom is -0.351 e. The van der Waals surface area contributed by atoms with Crippen molar-refractivity contribution in [3.8, 4) is 0 Å². The van der Waals surface area contributed by atoms with E-state index in [4.69, 9.17) is 5.73 Å². The summed E-state index contributed by atoms with van der Waals surface area (Å²) >= 11 is 0. The van der Waals surface area contributed by atoms with Crippen molar-refractivity contribution >= 4 is 11.8 Å². The zero-order valence-corrected chi connectivity index (χ0v) is 16.1. The lowest BCUT2D eigenvalue weighted by molar-refractivity contribution is -0.122. The third-order valence-corrected chi connectivity index (χ3v) is 5.04. The molecule has 28 heavy (non-hydrogen) atoms. The maximum absolute atomic E-state index is 12.2. The third kappa shape index (κ3) is 5.65. The van der Waals surface area contributed by atoms with E-state index in [-0.39, 0.29) is 11.8 Å². The van der Waals surface area contributed by atoms with Gasteiger partial charge in [0.15, 0.2) is 0 Å². The third-order valence-electron chi connectivity index (χ3n) is 5.04. The van der Waals surface area contributed by atoms with E-state index in [2.05, 4.69) is 15.5 Å². The fourth-order valence-corrected chi connectivity index (χ4v) is 3.32. The van der Waals surface area contributed by atoms with Gasteiger partial charge in [0, 0.05) is 25.2 Å². The first-order chi connectivity index (χ1) is 13.6. The number of benzene rings is 2. The predicted molar refractivity (Wildman–Crippen MR) is 110 cm³/mol. The number of likely N-dealkylation sites (tertiary alicyclic amines) is 1. The zero-order valence-electron chi connectivity index (χ0n) is 16.1.